The highest BCUT2D eigenvalue weighted by atomic mass is 16.3. The molecule has 1 aliphatic rings. The Morgan fingerprint density at radius 3 is 2.79 bits per heavy atom. The monoisotopic (exact) mass is 261 g/mol. The fraction of sp³-hybridized carbons (Fsp3) is 0.562. The number of rotatable bonds is 2. The molecule has 0 aliphatic carbocycles. The van der Waals surface area contributed by atoms with Crippen LogP contribution in [0.3, 0.4) is 0 Å². The van der Waals surface area contributed by atoms with Crippen molar-refractivity contribution < 1.29 is 9.90 Å². The predicted molar refractivity (Wildman–Crippen MR) is 76.3 cm³/mol. The van der Waals surface area contributed by atoms with Gasteiger partial charge >= 0.3 is 0 Å². The summed E-state index contributed by atoms with van der Waals surface area (Å²) in [5.41, 5.74) is 2.95. The lowest BCUT2D eigenvalue weighted by molar-refractivity contribution is 0.0280. The molecule has 2 atom stereocenters. The highest BCUT2D eigenvalue weighted by molar-refractivity contribution is 5.96. The second-order valence-corrected chi connectivity index (χ2v) is 5.55. The summed E-state index contributed by atoms with van der Waals surface area (Å²) in [6.07, 6.45) is 2.55. The Morgan fingerprint density at radius 2 is 2.11 bits per heavy atom. The van der Waals surface area contributed by atoms with E-state index in [4.69, 9.17) is 0 Å². The maximum absolute atomic E-state index is 12.7. The van der Waals surface area contributed by atoms with Crippen LogP contribution < -0.4 is 0 Å². The van der Waals surface area contributed by atoms with Gasteiger partial charge in [-0.15, -0.1) is 0 Å². The molecule has 19 heavy (non-hydrogen) atoms. The Hall–Kier alpha value is -1.35. The molecule has 1 amide bonds. The maximum atomic E-state index is 12.7. The maximum Gasteiger partial charge on any atom is 0.254 e. The zero-order valence-corrected chi connectivity index (χ0v) is 12.0. The van der Waals surface area contributed by atoms with Gasteiger partial charge in [-0.25, -0.2) is 0 Å². The zero-order valence-electron chi connectivity index (χ0n) is 12.0. The molecule has 1 heterocycles. The van der Waals surface area contributed by atoms with Crippen molar-refractivity contribution in [3.05, 3.63) is 34.9 Å². The van der Waals surface area contributed by atoms with Crippen molar-refractivity contribution in [2.75, 3.05) is 6.54 Å². The van der Waals surface area contributed by atoms with Crippen LogP contribution in [0, 0.1) is 13.8 Å². The molecule has 3 nitrogen and oxygen atoms in total. The number of piperidine rings is 1. The van der Waals surface area contributed by atoms with Crippen LogP contribution in [-0.2, 0) is 0 Å². The summed E-state index contributed by atoms with van der Waals surface area (Å²) in [6, 6.07) is 5.80. The predicted octanol–water partition coefficient (Wildman–Crippen LogP) is 2.68. The van der Waals surface area contributed by atoms with Gasteiger partial charge in [0.05, 0.1) is 12.1 Å². The second kappa shape index (κ2) is 5.74. The van der Waals surface area contributed by atoms with Crippen LogP contribution in [0.25, 0.3) is 0 Å². The number of carbonyl (C=O) groups excluding carboxylic acids is 1. The van der Waals surface area contributed by atoms with E-state index in [9.17, 15) is 9.90 Å². The number of aliphatic hydroxyl groups excluding tert-OH is 1. The molecule has 0 unspecified atom stereocenters. The molecule has 104 valence electrons. The highest BCUT2D eigenvalue weighted by Gasteiger charge is 2.31. The summed E-state index contributed by atoms with van der Waals surface area (Å²) < 4.78 is 0. The van der Waals surface area contributed by atoms with E-state index in [1.54, 1.807) is 6.92 Å². The van der Waals surface area contributed by atoms with Crippen LogP contribution >= 0.6 is 0 Å². The molecule has 2 rings (SSSR count). The van der Waals surface area contributed by atoms with Gasteiger partial charge in [0.1, 0.15) is 0 Å². The molecule has 1 aliphatic heterocycles. The van der Waals surface area contributed by atoms with E-state index in [0.717, 1.165) is 42.5 Å². The number of aliphatic hydroxyl groups is 1. The third kappa shape index (κ3) is 2.81. The van der Waals surface area contributed by atoms with E-state index in [1.165, 1.54) is 0 Å². The van der Waals surface area contributed by atoms with Gasteiger partial charge in [-0.3, -0.25) is 4.79 Å². The quantitative estimate of drug-likeness (QED) is 0.889. The van der Waals surface area contributed by atoms with Crippen molar-refractivity contribution in [1.82, 2.24) is 4.90 Å². The highest BCUT2D eigenvalue weighted by Crippen LogP contribution is 2.24. The van der Waals surface area contributed by atoms with Gasteiger partial charge < -0.3 is 10.0 Å². The molecule has 0 radical (unpaired) electrons. The number of aryl methyl sites for hydroxylation is 1. The van der Waals surface area contributed by atoms with E-state index >= 15 is 0 Å². The first-order valence-electron chi connectivity index (χ1n) is 7.07. The molecular weight excluding hydrogens is 238 g/mol. The minimum atomic E-state index is -0.464. The average Bonchev–Trinajstić information content (AvgIpc) is 2.41. The molecule has 1 aromatic carbocycles. The lowest BCUT2D eigenvalue weighted by Gasteiger charge is -2.37. The minimum Gasteiger partial charge on any atom is -0.391 e. The standard InChI is InChI=1S/C16H23NO2/c1-11-7-6-8-14(12(11)2)16(19)17-10-5-4-9-15(17)13(3)18/h6-8,13,15,18H,4-5,9-10H2,1-3H3/t13-,15+/m1/s1. The molecule has 1 fully saturated rings. The first-order chi connectivity index (χ1) is 9.02. The number of hydrogen-bond donors (Lipinski definition) is 1. The Bertz CT molecular complexity index is 468. The second-order valence-electron chi connectivity index (χ2n) is 5.55. The number of likely N-dealkylation sites (tertiary alicyclic amines) is 1. The van der Waals surface area contributed by atoms with Crippen LogP contribution in [0.1, 0.15) is 47.7 Å². The van der Waals surface area contributed by atoms with Crippen molar-refractivity contribution in [2.45, 2.75) is 52.2 Å². The summed E-state index contributed by atoms with van der Waals surface area (Å²) in [5, 5.41) is 9.87. The molecule has 0 bridgehead atoms. The molecule has 0 saturated carbocycles. The van der Waals surface area contributed by atoms with Crippen molar-refractivity contribution in [1.29, 1.82) is 0 Å². The average molecular weight is 261 g/mol. The molecule has 1 N–H and O–H groups in total. The number of carbonyl (C=O) groups is 1. The summed E-state index contributed by atoms with van der Waals surface area (Å²) in [7, 11) is 0. The van der Waals surface area contributed by atoms with Gasteiger partial charge in [0.2, 0.25) is 0 Å². The number of nitrogens with zero attached hydrogens (tertiary/aromatic N) is 1. The minimum absolute atomic E-state index is 0.0406. The summed E-state index contributed by atoms with van der Waals surface area (Å²) >= 11 is 0. The van der Waals surface area contributed by atoms with Crippen molar-refractivity contribution >= 4 is 5.91 Å². The number of amides is 1. The molecule has 1 aromatic rings. The largest absolute Gasteiger partial charge is 0.391 e. The van der Waals surface area contributed by atoms with Gasteiger partial charge in [0, 0.05) is 12.1 Å². The molecule has 3 heteroatoms. The Balaban J connectivity index is 2.29. The zero-order chi connectivity index (χ0) is 14.0. The Morgan fingerprint density at radius 1 is 1.37 bits per heavy atom. The number of benzene rings is 1. The third-order valence-corrected chi connectivity index (χ3v) is 4.20. The van der Waals surface area contributed by atoms with E-state index in [1.807, 2.05) is 36.9 Å². The van der Waals surface area contributed by atoms with Crippen LogP contribution in [0.4, 0.5) is 0 Å². The van der Waals surface area contributed by atoms with Gasteiger partial charge in [0.15, 0.2) is 0 Å². The lowest BCUT2D eigenvalue weighted by Crippen LogP contribution is -2.49. The molecular formula is C16H23NO2. The van der Waals surface area contributed by atoms with E-state index in [2.05, 4.69) is 0 Å². The van der Waals surface area contributed by atoms with Crippen LogP contribution in [-0.4, -0.2) is 34.6 Å². The first-order valence-corrected chi connectivity index (χ1v) is 7.07. The van der Waals surface area contributed by atoms with Crippen molar-refractivity contribution in [3.63, 3.8) is 0 Å². The van der Waals surface area contributed by atoms with Crippen molar-refractivity contribution in [3.8, 4) is 0 Å². The van der Waals surface area contributed by atoms with Crippen LogP contribution in [0.5, 0.6) is 0 Å². The summed E-state index contributed by atoms with van der Waals surface area (Å²) in [6.45, 7) is 6.54. The first kappa shape index (κ1) is 14.1. The summed E-state index contributed by atoms with van der Waals surface area (Å²) in [4.78, 5) is 14.6. The molecule has 0 aromatic heterocycles. The molecule has 0 spiro atoms. The fourth-order valence-electron chi connectivity index (χ4n) is 2.85. The molecule has 1 saturated heterocycles. The van der Waals surface area contributed by atoms with Crippen LogP contribution in [0.2, 0.25) is 0 Å². The van der Waals surface area contributed by atoms with Gasteiger partial charge in [0.25, 0.3) is 5.91 Å². The third-order valence-electron chi connectivity index (χ3n) is 4.20. The lowest BCUT2D eigenvalue weighted by atomic mass is 9.95. The van der Waals surface area contributed by atoms with Gasteiger partial charge in [-0.05, 0) is 57.2 Å². The topological polar surface area (TPSA) is 40.5 Å². The van der Waals surface area contributed by atoms with E-state index in [-0.39, 0.29) is 11.9 Å². The van der Waals surface area contributed by atoms with E-state index in [0.29, 0.717) is 0 Å². The van der Waals surface area contributed by atoms with E-state index < -0.39 is 6.10 Å². The normalized spacial score (nSPS) is 21.3. The number of hydrogen-bond acceptors (Lipinski definition) is 2. The summed E-state index contributed by atoms with van der Waals surface area (Å²) in [5.74, 6) is 0.0619. The van der Waals surface area contributed by atoms with Crippen molar-refractivity contribution in [2.24, 2.45) is 0 Å². The SMILES string of the molecule is Cc1cccc(C(=O)N2CCCC[C@H]2[C@@H](C)O)c1C. The van der Waals surface area contributed by atoms with Crippen LogP contribution in [0.15, 0.2) is 18.2 Å². The Kier molecular flexibility index (Phi) is 4.25. The Labute approximate surface area is 115 Å². The van der Waals surface area contributed by atoms with Gasteiger partial charge in [-0.1, -0.05) is 12.1 Å². The fourth-order valence-corrected chi connectivity index (χ4v) is 2.85. The van der Waals surface area contributed by atoms with Gasteiger partial charge in [-0.2, -0.15) is 0 Å². The smallest absolute Gasteiger partial charge is 0.254 e.